The van der Waals surface area contributed by atoms with E-state index in [0.29, 0.717) is 18.1 Å². The van der Waals surface area contributed by atoms with Crippen LogP contribution in [0.15, 0.2) is 40.2 Å². The van der Waals surface area contributed by atoms with E-state index in [1.54, 1.807) is 0 Å². The number of allylic oxidation sites excluding steroid dienone is 1. The van der Waals surface area contributed by atoms with Gasteiger partial charge in [-0.1, -0.05) is 29.8 Å². The molecule has 6 nitrogen and oxygen atoms in total. The number of rotatable bonds is 1. The van der Waals surface area contributed by atoms with Crippen LogP contribution in [0.5, 0.6) is 0 Å². The predicted octanol–water partition coefficient (Wildman–Crippen LogP) is 2.96. The van der Waals surface area contributed by atoms with Gasteiger partial charge in [0.1, 0.15) is 0 Å². The molecule has 4 rings (SSSR count). The van der Waals surface area contributed by atoms with Crippen molar-refractivity contribution in [2.24, 2.45) is 0 Å². The number of anilines is 2. The molecule has 0 bridgehead atoms. The Morgan fingerprint density at radius 2 is 2.09 bits per heavy atom. The number of benzene rings is 1. The van der Waals surface area contributed by atoms with Crippen molar-refractivity contribution in [2.45, 2.75) is 32.2 Å². The molecule has 1 aliphatic carbocycles. The zero-order valence-electron chi connectivity index (χ0n) is 12.2. The van der Waals surface area contributed by atoms with Crippen molar-refractivity contribution in [1.29, 1.82) is 0 Å². The Morgan fingerprint density at radius 3 is 2.95 bits per heavy atom. The van der Waals surface area contributed by atoms with Gasteiger partial charge in [0.25, 0.3) is 0 Å². The Morgan fingerprint density at radius 1 is 1.23 bits per heavy atom. The van der Waals surface area contributed by atoms with E-state index in [9.17, 15) is 4.79 Å². The third-order valence-electron chi connectivity index (χ3n) is 4.16. The van der Waals surface area contributed by atoms with Crippen LogP contribution in [0.2, 0.25) is 0 Å². The third-order valence-corrected chi connectivity index (χ3v) is 4.16. The summed E-state index contributed by atoms with van der Waals surface area (Å²) < 4.78 is 4.80. The van der Waals surface area contributed by atoms with Gasteiger partial charge in [-0.15, -0.1) is 0 Å². The second-order valence-corrected chi connectivity index (χ2v) is 5.75. The summed E-state index contributed by atoms with van der Waals surface area (Å²) in [7, 11) is 0. The molecule has 2 heterocycles. The fourth-order valence-electron chi connectivity index (χ4n) is 3.15. The second kappa shape index (κ2) is 4.98. The number of hydrogen-bond donors (Lipinski definition) is 2. The number of hydrogen-bond acceptors (Lipinski definition) is 6. The van der Waals surface area contributed by atoms with Gasteiger partial charge in [-0.2, -0.15) is 0 Å². The van der Waals surface area contributed by atoms with Crippen molar-refractivity contribution in [2.75, 3.05) is 10.6 Å². The Labute approximate surface area is 127 Å². The number of Topliss-reactive ketones (excluding diaryl/α,β-unsaturated/α-hetero) is 1. The number of carbonyl (C=O) groups is 1. The number of fused-ring (bicyclic) bond motifs is 1. The van der Waals surface area contributed by atoms with Crippen LogP contribution in [0.1, 0.15) is 36.4 Å². The molecule has 1 atom stereocenters. The normalized spacial score (nSPS) is 20.6. The van der Waals surface area contributed by atoms with Crippen LogP contribution in [0, 0.1) is 6.92 Å². The molecular weight excluding hydrogens is 280 g/mol. The predicted molar refractivity (Wildman–Crippen MR) is 81.3 cm³/mol. The molecule has 112 valence electrons. The van der Waals surface area contributed by atoms with Gasteiger partial charge in [0.05, 0.1) is 6.04 Å². The SMILES string of the molecule is Cc1cccc(C2Nc3nonc3NC3=C2C(=O)CCC3)c1. The number of ketones is 1. The van der Waals surface area contributed by atoms with Crippen LogP contribution in [-0.4, -0.2) is 16.1 Å². The van der Waals surface area contributed by atoms with Gasteiger partial charge in [-0.3, -0.25) is 4.79 Å². The lowest BCUT2D eigenvalue weighted by molar-refractivity contribution is -0.116. The van der Waals surface area contributed by atoms with Crippen LogP contribution in [-0.2, 0) is 4.79 Å². The first kappa shape index (κ1) is 13.1. The third kappa shape index (κ3) is 2.07. The molecule has 0 radical (unpaired) electrons. The molecule has 22 heavy (non-hydrogen) atoms. The summed E-state index contributed by atoms with van der Waals surface area (Å²) >= 11 is 0. The summed E-state index contributed by atoms with van der Waals surface area (Å²) in [6.45, 7) is 2.04. The molecule has 1 aliphatic heterocycles. The number of aromatic nitrogens is 2. The minimum absolute atomic E-state index is 0.176. The first-order chi connectivity index (χ1) is 10.7. The highest BCUT2D eigenvalue weighted by Gasteiger charge is 2.33. The van der Waals surface area contributed by atoms with E-state index in [1.807, 2.05) is 25.1 Å². The van der Waals surface area contributed by atoms with Gasteiger partial charge in [0.15, 0.2) is 5.78 Å². The van der Waals surface area contributed by atoms with E-state index >= 15 is 0 Å². The average molecular weight is 296 g/mol. The van der Waals surface area contributed by atoms with E-state index in [0.717, 1.165) is 35.2 Å². The topological polar surface area (TPSA) is 80.1 Å². The van der Waals surface area contributed by atoms with Gasteiger partial charge < -0.3 is 10.6 Å². The standard InChI is InChI=1S/C16H16N4O2/c1-9-4-2-5-10(8-9)14-13-11(6-3-7-12(13)21)17-15-16(18-14)20-22-19-15/h2,4-5,8,14H,3,6-7H2,1H3,(H,17,19)(H,18,20). The molecule has 2 aromatic rings. The van der Waals surface area contributed by atoms with Gasteiger partial charge in [0.2, 0.25) is 11.6 Å². The molecule has 2 aliphatic rings. The second-order valence-electron chi connectivity index (χ2n) is 5.75. The van der Waals surface area contributed by atoms with Crippen LogP contribution in [0.3, 0.4) is 0 Å². The van der Waals surface area contributed by atoms with Crippen molar-refractivity contribution in [3.8, 4) is 0 Å². The summed E-state index contributed by atoms with van der Waals surface area (Å²) in [4.78, 5) is 12.5. The molecule has 1 unspecified atom stereocenters. The number of aryl methyl sites for hydroxylation is 1. The van der Waals surface area contributed by atoms with Gasteiger partial charge in [-0.05, 0) is 35.6 Å². The minimum atomic E-state index is -0.233. The molecule has 0 saturated carbocycles. The van der Waals surface area contributed by atoms with Crippen molar-refractivity contribution >= 4 is 17.4 Å². The van der Waals surface area contributed by atoms with E-state index in [4.69, 9.17) is 4.63 Å². The molecule has 1 aromatic heterocycles. The maximum Gasteiger partial charge on any atom is 0.219 e. The molecule has 0 amide bonds. The number of nitrogens with zero attached hydrogens (tertiary/aromatic N) is 2. The maximum atomic E-state index is 12.5. The van der Waals surface area contributed by atoms with Crippen molar-refractivity contribution < 1.29 is 9.42 Å². The van der Waals surface area contributed by atoms with Crippen LogP contribution in [0.25, 0.3) is 0 Å². The van der Waals surface area contributed by atoms with E-state index in [1.165, 1.54) is 0 Å². The van der Waals surface area contributed by atoms with Gasteiger partial charge in [-0.25, -0.2) is 4.63 Å². The number of carbonyl (C=O) groups excluding carboxylic acids is 1. The van der Waals surface area contributed by atoms with Crippen LogP contribution >= 0.6 is 0 Å². The molecule has 2 N–H and O–H groups in total. The van der Waals surface area contributed by atoms with Crippen molar-refractivity contribution in [3.05, 3.63) is 46.7 Å². The van der Waals surface area contributed by atoms with Crippen LogP contribution in [0.4, 0.5) is 11.6 Å². The monoisotopic (exact) mass is 296 g/mol. The highest BCUT2D eigenvalue weighted by atomic mass is 16.6. The highest BCUT2D eigenvalue weighted by Crippen LogP contribution is 2.39. The lowest BCUT2D eigenvalue weighted by Gasteiger charge is -2.25. The first-order valence-electron chi connectivity index (χ1n) is 7.41. The zero-order valence-corrected chi connectivity index (χ0v) is 12.2. The van der Waals surface area contributed by atoms with E-state index in [-0.39, 0.29) is 11.8 Å². The minimum Gasteiger partial charge on any atom is -0.353 e. The first-order valence-corrected chi connectivity index (χ1v) is 7.41. The van der Waals surface area contributed by atoms with E-state index < -0.39 is 0 Å². The van der Waals surface area contributed by atoms with Gasteiger partial charge >= 0.3 is 0 Å². The zero-order chi connectivity index (χ0) is 15.1. The Kier molecular flexibility index (Phi) is 2.96. The molecule has 0 spiro atoms. The molecule has 1 aromatic carbocycles. The summed E-state index contributed by atoms with van der Waals surface area (Å²) in [6.07, 6.45) is 2.27. The maximum absolute atomic E-state index is 12.5. The van der Waals surface area contributed by atoms with Crippen molar-refractivity contribution in [3.63, 3.8) is 0 Å². The fraction of sp³-hybridized carbons (Fsp3) is 0.312. The lowest BCUT2D eigenvalue weighted by atomic mass is 9.86. The fourth-order valence-corrected chi connectivity index (χ4v) is 3.15. The Balaban J connectivity index is 1.88. The number of nitrogens with one attached hydrogen (secondary N) is 2. The quantitative estimate of drug-likeness (QED) is 0.842. The lowest BCUT2D eigenvalue weighted by Crippen LogP contribution is -2.23. The summed E-state index contributed by atoms with van der Waals surface area (Å²) in [5.74, 6) is 1.25. The Hall–Kier alpha value is -2.63. The highest BCUT2D eigenvalue weighted by molar-refractivity contribution is 6.00. The molecule has 6 heteroatoms. The van der Waals surface area contributed by atoms with Gasteiger partial charge in [0, 0.05) is 17.7 Å². The summed E-state index contributed by atoms with van der Waals surface area (Å²) in [5, 5.41) is 14.3. The van der Waals surface area contributed by atoms with Crippen LogP contribution < -0.4 is 10.6 Å². The molecular formula is C16H16N4O2. The molecule has 0 fully saturated rings. The largest absolute Gasteiger partial charge is 0.353 e. The molecule has 0 saturated heterocycles. The average Bonchev–Trinajstić information content (AvgIpc) is 2.86. The Bertz CT molecular complexity index is 778. The summed E-state index contributed by atoms with van der Waals surface area (Å²) in [5.41, 5.74) is 3.90. The van der Waals surface area contributed by atoms with Crippen molar-refractivity contribution in [1.82, 2.24) is 10.3 Å². The summed E-state index contributed by atoms with van der Waals surface area (Å²) in [6, 6.07) is 7.92. The smallest absolute Gasteiger partial charge is 0.219 e. The van der Waals surface area contributed by atoms with E-state index in [2.05, 4.69) is 27.0 Å².